The van der Waals surface area contributed by atoms with Gasteiger partial charge in [-0.2, -0.15) is 11.8 Å². The molecule has 0 aliphatic rings. The topological polar surface area (TPSA) is 130 Å². The van der Waals surface area contributed by atoms with Crippen molar-refractivity contribution in [2.24, 2.45) is 0 Å². The molecule has 9 nitrogen and oxygen atoms in total. The minimum atomic E-state index is -0.867. The number of nitrogens with one attached hydrogen (secondary N) is 3. The van der Waals surface area contributed by atoms with Gasteiger partial charge in [0.25, 0.3) is 17.5 Å². The number of halogens is 1. The minimum absolute atomic E-state index is 0.0213. The summed E-state index contributed by atoms with van der Waals surface area (Å²) in [5.41, 5.74) is 0.531. The molecule has 0 aliphatic heterocycles. The van der Waals surface area contributed by atoms with Gasteiger partial charge >= 0.3 is 0 Å². The van der Waals surface area contributed by atoms with Crippen LogP contribution in [0.5, 0.6) is 0 Å². The molecule has 0 fully saturated rings. The van der Waals surface area contributed by atoms with Crippen LogP contribution in [0.3, 0.4) is 0 Å². The second kappa shape index (κ2) is 11.3. The van der Waals surface area contributed by atoms with E-state index in [1.165, 1.54) is 30.9 Å². The van der Waals surface area contributed by atoms with Gasteiger partial charge in [-0.15, -0.1) is 0 Å². The fraction of sp³-hybridized carbons (Fsp3) is 0.250. The molecule has 0 aromatic heterocycles. The lowest BCUT2D eigenvalue weighted by Gasteiger charge is -2.18. The first kappa shape index (κ1) is 24.2. The van der Waals surface area contributed by atoms with Crippen molar-refractivity contribution in [3.63, 3.8) is 0 Å². The van der Waals surface area contributed by atoms with Gasteiger partial charge in [-0.1, -0.05) is 11.6 Å². The lowest BCUT2D eigenvalue weighted by molar-refractivity contribution is -0.384. The monoisotopic (exact) mass is 464 g/mol. The van der Waals surface area contributed by atoms with Gasteiger partial charge < -0.3 is 16.0 Å². The summed E-state index contributed by atoms with van der Waals surface area (Å²) in [5.74, 6) is -0.719. The van der Waals surface area contributed by atoms with Crippen molar-refractivity contribution < 1.29 is 19.3 Å². The summed E-state index contributed by atoms with van der Waals surface area (Å²) in [6.07, 6.45) is 2.22. The average Bonchev–Trinajstić information content (AvgIpc) is 2.76. The summed E-state index contributed by atoms with van der Waals surface area (Å²) in [6, 6.07) is 9.11. The number of anilines is 1. The van der Waals surface area contributed by atoms with Crippen molar-refractivity contribution in [2.75, 3.05) is 24.4 Å². The van der Waals surface area contributed by atoms with Crippen LogP contribution in [0.1, 0.15) is 27.1 Å². The molecule has 2 rings (SSSR count). The number of amides is 3. The molecule has 1 atom stereocenters. The van der Waals surface area contributed by atoms with Crippen molar-refractivity contribution in [1.82, 2.24) is 10.6 Å². The number of rotatable bonds is 9. The Morgan fingerprint density at radius 3 is 2.32 bits per heavy atom. The van der Waals surface area contributed by atoms with Gasteiger partial charge in [-0.3, -0.25) is 24.5 Å². The van der Waals surface area contributed by atoms with E-state index in [4.69, 9.17) is 11.6 Å². The zero-order chi connectivity index (χ0) is 23.0. The molecule has 1 unspecified atom stereocenters. The summed E-state index contributed by atoms with van der Waals surface area (Å²) in [4.78, 5) is 47.3. The molecule has 3 amide bonds. The number of carbonyl (C=O) groups is 3. The van der Waals surface area contributed by atoms with Gasteiger partial charge in [0.2, 0.25) is 5.91 Å². The number of nitrogens with zero attached hydrogens (tertiary/aromatic N) is 1. The lowest BCUT2D eigenvalue weighted by atomic mass is 10.1. The summed E-state index contributed by atoms with van der Waals surface area (Å²) >= 11 is 7.30. The molecule has 3 N–H and O–H groups in total. The predicted octanol–water partition coefficient (Wildman–Crippen LogP) is 3.10. The second-order valence-electron chi connectivity index (χ2n) is 6.38. The summed E-state index contributed by atoms with van der Waals surface area (Å²) in [5, 5.41) is 18.8. The third-order valence-electron chi connectivity index (χ3n) is 4.28. The quantitative estimate of drug-likeness (QED) is 0.386. The van der Waals surface area contributed by atoms with Crippen LogP contribution >= 0.6 is 23.4 Å². The molecule has 0 saturated carbocycles. The fourth-order valence-corrected chi connectivity index (χ4v) is 3.28. The van der Waals surface area contributed by atoms with Crippen LogP contribution in [-0.4, -0.2) is 47.7 Å². The molecule has 0 bridgehead atoms. The normalized spacial score (nSPS) is 11.3. The number of hydrogen-bond donors (Lipinski definition) is 3. The molecule has 164 valence electrons. The maximum Gasteiger partial charge on any atom is 0.288 e. The maximum absolute atomic E-state index is 12.7. The number of carbonyl (C=O) groups excluding carboxylic acids is 3. The number of thioether (sulfide) groups is 1. The van der Waals surface area contributed by atoms with Gasteiger partial charge in [-0.25, -0.2) is 0 Å². The highest BCUT2D eigenvalue weighted by Crippen LogP contribution is 2.25. The SMILES string of the molecule is CNC(=O)c1ccc(NC(=O)C(CCSC)NC(=O)c2ccc(Cl)c([N+](=O)[O-])c2)cc1. The smallest absolute Gasteiger partial charge is 0.288 e. The first-order valence-corrected chi connectivity index (χ1v) is 10.9. The number of nitro benzene ring substituents is 1. The Bertz CT molecular complexity index is 984. The molecular formula is C20H21ClN4O5S. The highest BCUT2D eigenvalue weighted by Gasteiger charge is 2.23. The molecule has 2 aromatic carbocycles. The Morgan fingerprint density at radius 1 is 1.10 bits per heavy atom. The molecule has 31 heavy (non-hydrogen) atoms. The van der Waals surface area contributed by atoms with Crippen LogP contribution in [0.15, 0.2) is 42.5 Å². The maximum atomic E-state index is 12.7. The first-order valence-electron chi connectivity index (χ1n) is 9.13. The van der Waals surface area contributed by atoms with E-state index in [9.17, 15) is 24.5 Å². The molecule has 0 radical (unpaired) electrons. The van der Waals surface area contributed by atoms with Crippen LogP contribution in [0.2, 0.25) is 5.02 Å². The Hall–Kier alpha value is -3.11. The Kier molecular flexibility index (Phi) is 8.83. The first-order chi connectivity index (χ1) is 14.8. The largest absolute Gasteiger partial charge is 0.355 e. The summed E-state index contributed by atoms with van der Waals surface area (Å²) in [7, 11) is 1.52. The lowest BCUT2D eigenvalue weighted by Crippen LogP contribution is -2.44. The number of benzene rings is 2. The van der Waals surface area contributed by atoms with E-state index in [0.29, 0.717) is 23.4 Å². The standard InChI is InChI=1S/C20H21ClN4O5S/c1-22-18(26)12-3-6-14(7-4-12)23-20(28)16(9-10-31-2)24-19(27)13-5-8-15(21)17(11-13)25(29)30/h3-8,11,16H,9-10H2,1-2H3,(H,22,26)(H,23,28)(H,24,27). The molecule has 0 aliphatic carbocycles. The number of nitro groups is 1. The third-order valence-corrected chi connectivity index (χ3v) is 5.24. The van der Waals surface area contributed by atoms with Crippen molar-refractivity contribution in [3.05, 3.63) is 68.7 Å². The van der Waals surface area contributed by atoms with Crippen LogP contribution in [0.4, 0.5) is 11.4 Å². The van der Waals surface area contributed by atoms with E-state index in [2.05, 4.69) is 16.0 Å². The predicted molar refractivity (Wildman–Crippen MR) is 121 cm³/mol. The van der Waals surface area contributed by atoms with Crippen LogP contribution in [0, 0.1) is 10.1 Å². The van der Waals surface area contributed by atoms with Gasteiger partial charge in [0, 0.05) is 29.9 Å². The van der Waals surface area contributed by atoms with Crippen LogP contribution in [0.25, 0.3) is 0 Å². The molecule has 0 heterocycles. The van der Waals surface area contributed by atoms with Gasteiger partial charge in [-0.05, 0) is 54.8 Å². The van der Waals surface area contributed by atoms with E-state index < -0.39 is 28.5 Å². The Labute approximate surface area is 188 Å². The van der Waals surface area contributed by atoms with E-state index >= 15 is 0 Å². The van der Waals surface area contributed by atoms with Crippen LogP contribution < -0.4 is 16.0 Å². The number of hydrogen-bond acceptors (Lipinski definition) is 6. The van der Waals surface area contributed by atoms with E-state index in [1.807, 2.05) is 6.26 Å². The van der Waals surface area contributed by atoms with Crippen LogP contribution in [-0.2, 0) is 4.79 Å². The van der Waals surface area contributed by atoms with Crippen molar-refractivity contribution in [1.29, 1.82) is 0 Å². The molecule has 11 heteroatoms. The zero-order valence-electron chi connectivity index (χ0n) is 16.8. The highest BCUT2D eigenvalue weighted by atomic mass is 35.5. The highest BCUT2D eigenvalue weighted by molar-refractivity contribution is 7.98. The molecule has 0 spiro atoms. The zero-order valence-corrected chi connectivity index (χ0v) is 18.4. The van der Waals surface area contributed by atoms with Gasteiger partial charge in [0.1, 0.15) is 11.1 Å². The third kappa shape index (κ3) is 6.69. The molecule has 0 saturated heterocycles. The van der Waals surface area contributed by atoms with Gasteiger partial charge in [0.05, 0.1) is 4.92 Å². The minimum Gasteiger partial charge on any atom is -0.355 e. The average molecular weight is 465 g/mol. The van der Waals surface area contributed by atoms with E-state index in [0.717, 1.165) is 6.07 Å². The van der Waals surface area contributed by atoms with Crippen molar-refractivity contribution >= 4 is 52.5 Å². The van der Waals surface area contributed by atoms with Crippen molar-refractivity contribution in [2.45, 2.75) is 12.5 Å². The van der Waals surface area contributed by atoms with E-state index in [1.54, 1.807) is 24.3 Å². The van der Waals surface area contributed by atoms with E-state index in [-0.39, 0.29) is 16.5 Å². The van der Waals surface area contributed by atoms with Crippen molar-refractivity contribution in [3.8, 4) is 0 Å². The molecule has 2 aromatic rings. The second-order valence-corrected chi connectivity index (χ2v) is 7.77. The molecular weight excluding hydrogens is 444 g/mol. The summed E-state index contributed by atoms with van der Waals surface area (Å²) < 4.78 is 0. The summed E-state index contributed by atoms with van der Waals surface area (Å²) in [6.45, 7) is 0. The Balaban J connectivity index is 2.14. The Morgan fingerprint density at radius 2 is 1.74 bits per heavy atom. The van der Waals surface area contributed by atoms with Gasteiger partial charge in [0.15, 0.2) is 0 Å². The fourth-order valence-electron chi connectivity index (χ4n) is 2.62.